The van der Waals surface area contributed by atoms with Crippen LogP contribution in [0, 0.1) is 0 Å². The lowest BCUT2D eigenvalue weighted by Crippen LogP contribution is -2.35. The van der Waals surface area contributed by atoms with Gasteiger partial charge in [-0.2, -0.15) is 5.10 Å². The minimum absolute atomic E-state index is 0.279. The summed E-state index contributed by atoms with van der Waals surface area (Å²) in [5.41, 5.74) is 4.48. The van der Waals surface area contributed by atoms with Gasteiger partial charge < -0.3 is 5.32 Å². The predicted octanol–water partition coefficient (Wildman–Crippen LogP) is 3.27. The molecule has 33 heavy (non-hydrogen) atoms. The minimum atomic E-state index is -0.283. The van der Waals surface area contributed by atoms with Crippen molar-refractivity contribution in [2.24, 2.45) is 5.84 Å². The monoisotopic (exact) mass is 443 g/mol. The van der Waals surface area contributed by atoms with Crippen LogP contribution in [0.25, 0.3) is 22.5 Å². The highest BCUT2D eigenvalue weighted by Crippen LogP contribution is 2.24. The van der Waals surface area contributed by atoms with E-state index in [1.165, 1.54) is 11.1 Å². The van der Waals surface area contributed by atoms with E-state index >= 15 is 0 Å². The number of carbonyl (C=O) groups is 1. The third-order valence-electron chi connectivity index (χ3n) is 5.60. The highest BCUT2D eigenvalue weighted by Gasteiger charge is 2.16. The Labute approximate surface area is 193 Å². The molecule has 3 N–H and O–H groups in total. The van der Waals surface area contributed by atoms with Crippen molar-refractivity contribution in [2.45, 2.75) is 32.4 Å². The van der Waals surface area contributed by atoms with Gasteiger partial charge in [-0.15, -0.1) is 0 Å². The van der Waals surface area contributed by atoms with Crippen LogP contribution in [0.1, 0.15) is 31.4 Å². The molecule has 170 valence electrons. The number of nitrogens with two attached hydrogens (primary N) is 1. The summed E-state index contributed by atoms with van der Waals surface area (Å²) in [7, 11) is 0. The average Bonchev–Trinajstić information content (AvgIpc) is 3.34. The maximum atomic E-state index is 12.1. The number of nitrogens with zero attached hydrogens (tertiary/aromatic N) is 5. The summed E-state index contributed by atoms with van der Waals surface area (Å²) in [5, 5.41) is 9.10. The van der Waals surface area contributed by atoms with Gasteiger partial charge in [-0.3, -0.25) is 14.5 Å². The van der Waals surface area contributed by atoms with E-state index in [4.69, 9.17) is 5.84 Å². The summed E-state index contributed by atoms with van der Waals surface area (Å²) in [6, 6.07) is 8.15. The van der Waals surface area contributed by atoms with Crippen molar-refractivity contribution in [3.63, 3.8) is 0 Å². The van der Waals surface area contributed by atoms with Crippen molar-refractivity contribution in [3.8, 4) is 22.5 Å². The first-order valence-corrected chi connectivity index (χ1v) is 11.1. The molecule has 8 heteroatoms. The molecular formula is C25H29N7O. The highest BCUT2D eigenvalue weighted by atomic mass is 16.2. The largest absolute Gasteiger partial charge is 0.317 e. The fraction of sp³-hybridized carbons (Fsp3) is 0.280. The molecule has 0 bridgehead atoms. The zero-order chi connectivity index (χ0) is 23.2. The number of hydrogen-bond acceptors (Lipinski definition) is 6. The SMILES string of the molecule is C=C(C)/C=C\C(=O)N(N)Cc1cccc(-c2ncc(-c3cnn(C4CCNCC4)c3)cn2)c1. The molecular weight excluding hydrogens is 414 g/mol. The first-order valence-electron chi connectivity index (χ1n) is 11.1. The first kappa shape index (κ1) is 22.6. The fourth-order valence-electron chi connectivity index (χ4n) is 3.78. The number of rotatable bonds is 7. The van der Waals surface area contributed by atoms with Gasteiger partial charge in [-0.25, -0.2) is 15.8 Å². The van der Waals surface area contributed by atoms with E-state index in [0.717, 1.165) is 53.8 Å². The van der Waals surface area contributed by atoms with Gasteiger partial charge in [-0.1, -0.05) is 36.4 Å². The lowest BCUT2D eigenvalue weighted by atomic mass is 10.1. The van der Waals surface area contributed by atoms with Gasteiger partial charge >= 0.3 is 0 Å². The summed E-state index contributed by atoms with van der Waals surface area (Å²) >= 11 is 0. The smallest absolute Gasteiger partial charge is 0.260 e. The van der Waals surface area contributed by atoms with E-state index < -0.39 is 0 Å². The number of hydrogen-bond donors (Lipinski definition) is 2. The maximum Gasteiger partial charge on any atom is 0.260 e. The van der Waals surface area contributed by atoms with Gasteiger partial charge in [0.2, 0.25) is 0 Å². The van der Waals surface area contributed by atoms with Crippen molar-refractivity contribution in [2.75, 3.05) is 13.1 Å². The molecule has 0 radical (unpaired) electrons. The first-order chi connectivity index (χ1) is 16.0. The van der Waals surface area contributed by atoms with E-state index in [1.807, 2.05) is 49.8 Å². The molecule has 3 aromatic rings. The zero-order valence-corrected chi connectivity index (χ0v) is 18.8. The van der Waals surface area contributed by atoms with Gasteiger partial charge in [0.1, 0.15) is 0 Å². The van der Waals surface area contributed by atoms with Crippen LogP contribution in [0.3, 0.4) is 0 Å². The molecule has 2 aromatic heterocycles. The predicted molar refractivity (Wildman–Crippen MR) is 129 cm³/mol. The molecule has 1 aromatic carbocycles. The number of amides is 1. The van der Waals surface area contributed by atoms with Crippen molar-refractivity contribution in [1.29, 1.82) is 0 Å². The van der Waals surface area contributed by atoms with E-state index in [0.29, 0.717) is 11.9 Å². The van der Waals surface area contributed by atoms with E-state index in [1.54, 1.807) is 6.08 Å². The fourth-order valence-corrected chi connectivity index (χ4v) is 3.78. The van der Waals surface area contributed by atoms with Crippen LogP contribution in [0.4, 0.5) is 0 Å². The number of aromatic nitrogens is 4. The number of carbonyl (C=O) groups excluding carboxylic acids is 1. The minimum Gasteiger partial charge on any atom is -0.317 e. The molecule has 0 aliphatic carbocycles. The van der Waals surface area contributed by atoms with Crippen molar-refractivity contribution < 1.29 is 4.79 Å². The zero-order valence-electron chi connectivity index (χ0n) is 18.8. The van der Waals surface area contributed by atoms with Crippen molar-refractivity contribution in [3.05, 3.63) is 78.9 Å². The topological polar surface area (TPSA) is 102 Å². The molecule has 0 saturated carbocycles. The second-order valence-corrected chi connectivity index (χ2v) is 8.33. The van der Waals surface area contributed by atoms with Gasteiger partial charge in [0.05, 0.1) is 18.8 Å². The molecule has 0 spiro atoms. The van der Waals surface area contributed by atoms with E-state index in [9.17, 15) is 4.79 Å². The molecule has 0 atom stereocenters. The number of allylic oxidation sites excluding steroid dienone is 2. The Balaban J connectivity index is 1.44. The average molecular weight is 444 g/mol. The van der Waals surface area contributed by atoms with Gasteiger partial charge in [-0.05, 0) is 44.5 Å². The van der Waals surface area contributed by atoms with Crippen LogP contribution in [0.2, 0.25) is 0 Å². The van der Waals surface area contributed by atoms with E-state index in [2.05, 4.69) is 37.8 Å². The Hall–Kier alpha value is -3.62. The Morgan fingerprint density at radius 2 is 1.94 bits per heavy atom. The van der Waals surface area contributed by atoms with Crippen LogP contribution >= 0.6 is 0 Å². The lowest BCUT2D eigenvalue weighted by Gasteiger charge is -2.22. The van der Waals surface area contributed by atoms with Gasteiger partial charge in [0.25, 0.3) is 5.91 Å². The molecule has 1 fully saturated rings. The summed E-state index contributed by atoms with van der Waals surface area (Å²) in [4.78, 5) is 21.2. The number of nitrogens with one attached hydrogen (secondary N) is 1. The quantitative estimate of drug-likeness (QED) is 0.191. The molecule has 3 heterocycles. The van der Waals surface area contributed by atoms with E-state index in [-0.39, 0.29) is 12.5 Å². The van der Waals surface area contributed by atoms with Crippen LogP contribution in [0.15, 0.2) is 73.4 Å². The standard InChI is InChI=1S/C25H29N7O/c1-18(2)6-7-24(33)31(26)16-19-4-3-5-20(12-19)25-28-13-21(14-29-25)22-15-30-32(17-22)23-8-10-27-11-9-23/h3-7,12-15,17,23,27H,1,8-11,16,26H2,2H3/b7-6-. The third-order valence-corrected chi connectivity index (χ3v) is 5.60. The maximum absolute atomic E-state index is 12.1. The van der Waals surface area contributed by atoms with Crippen LogP contribution in [-0.4, -0.2) is 43.8 Å². The Morgan fingerprint density at radius 1 is 1.18 bits per heavy atom. The normalized spacial score (nSPS) is 14.5. The lowest BCUT2D eigenvalue weighted by molar-refractivity contribution is -0.126. The van der Waals surface area contributed by atoms with Crippen molar-refractivity contribution >= 4 is 5.91 Å². The number of benzene rings is 1. The van der Waals surface area contributed by atoms with Gasteiger partial charge in [0, 0.05) is 41.4 Å². The Morgan fingerprint density at radius 3 is 2.67 bits per heavy atom. The molecule has 8 nitrogen and oxygen atoms in total. The Bertz CT molecular complexity index is 1140. The number of piperidine rings is 1. The van der Waals surface area contributed by atoms with Crippen LogP contribution < -0.4 is 11.2 Å². The summed E-state index contributed by atoms with van der Waals surface area (Å²) < 4.78 is 2.05. The van der Waals surface area contributed by atoms with Crippen LogP contribution in [0.5, 0.6) is 0 Å². The molecule has 4 rings (SSSR count). The summed E-state index contributed by atoms with van der Waals surface area (Å²) in [5.74, 6) is 6.26. The molecule has 1 saturated heterocycles. The molecule has 0 unspecified atom stereocenters. The Kier molecular flexibility index (Phi) is 7.07. The second-order valence-electron chi connectivity index (χ2n) is 8.33. The second kappa shape index (κ2) is 10.3. The summed E-state index contributed by atoms with van der Waals surface area (Å²) in [6.07, 6.45) is 12.8. The number of hydrazine groups is 1. The van der Waals surface area contributed by atoms with Gasteiger partial charge in [0.15, 0.2) is 5.82 Å². The molecule has 1 aliphatic rings. The third kappa shape index (κ3) is 5.79. The van der Waals surface area contributed by atoms with Crippen LogP contribution in [-0.2, 0) is 11.3 Å². The molecule has 1 amide bonds. The van der Waals surface area contributed by atoms with Crippen molar-refractivity contribution in [1.82, 2.24) is 30.1 Å². The molecule has 1 aliphatic heterocycles. The summed E-state index contributed by atoms with van der Waals surface area (Å²) in [6.45, 7) is 7.89. The highest BCUT2D eigenvalue weighted by molar-refractivity contribution is 5.87.